The fourth-order valence-electron chi connectivity index (χ4n) is 3.29. The number of unbranched alkanes of at least 4 members (excludes halogenated alkanes) is 2. The van der Waals surface area contributed by atoms with Crippen LogP contribution in [0.3, 0.4) is 0 Å². The van der Waals surface area contributed by atoms with Crippen LogP contribution in [0.15, 0.2) is 0 Å². The number of amides is 2. The second kappa shape index (κ2) is 6.78. The number of carbonyl (C=O) groups excluding carboxylic acids is 1. The quantitative estimate of drug-likeness (QED) is 0.725. The molecule has 1 saturated heterocycles. The van der Waals surface area contributed by atoms with E-state index in [0.29, 0.717) is 13.0 Å². The molecule has 0 bridgehead atoms. The molecule has 19 heavy (non-hydrogen) atoms. The van der Waals surface area contributed by atoms with Gasteiger partial charge < -0.3 is 15.3 Å². The molecule has 0 aromatic rings. The van der Waals surface area contributed by atoms with Gasteiger partial charge in [-0.3, -0.25) is 4.79 Å². The number of urea groups is 1. The van der Waals surface area contributed by atoms with Gasteiger partial charge in [0.05, 0.1) is 0 Å². The maximum absolute atomic E-state index is 11.9. The number of carboxylic acid groups (broad SMARTS) is 1. The number of nitrogens with zero attached hydrogens (tertiary/aromatic N) is 1. The van der Waals surface area contributed by atoms with Crippen molar-refractivity contribution in [3.8, 4) is 0 Å². The lowest BCUT2D eigenvalue weighted by Gasteiger charge is -2.18. The molecule has 2 aliphatic rings. The zero-order valence-corrected chi connectivity index (χ0v) is 11.4. The van der Waals surface area contributed by atoms with Gasteiger partial charge in [-0.25, -0.2) is 4.79 Å². The molecule has 2 N–H and O–H groups in total. The van der Waals surface area contributed by atoms with Crippen molar-refractivity contribution in [3.05, 3.63) is 0 Å². The van der Waals surface area contributed by atoms with E-state index in [4.69, 9.17) is 5.11 Å². The summed E-state index contributed by atoms with van der Waals surface area (Å²) in [7, 11) is 0. The molecule has 108 valence electrons. The molecule has 0 radical (unpaired) electrons. The van der Waals surface area contributed by atoms with Crippen molar-refractivity contribution in [2.45, 2.75) is 44.9 Å². The summed E-state index contributed by atoms with van der Waals surface area (Å²) in [5.74, 6) is 0.732. The van der Waals surface area contributed by atoms with Gasteiger partial charge in [0.2, 0.25) is 0 Å². The summed E-state index contributed by atoms with van der Waals surface area (Å²) in [6.45, 7) is 2.51. The number of carboxylic acids is 1. The van der Waals surface area contributed by atoms with Crippen molar-refractivity contribution in [2.75, 3.05) is 19.6 Å². The molecule has 1 aliphatic heterocycles. The number of aliphatic carboxylic acids is 1. The van der Waals surface area contributed by atoms with Crippen LogP contribution in [0.1, 0.15) is 44.9 Å². The molecule has 1 aliphatic carbocycles. The molecule has 0 aromatic heterocycles. The zero-order valence-electron chi connectivity index (χ0n) is 11.4. The highest BCUT2D eigenvalue weighted by Gasteiger charge is 2.37. The van der Waals surface area contributed by atoms with Gasteiger partial charge in [0.15, 0.2) is 0 Å². The molecule has 5 heteroatoms. The monoisotopic (exact) mass is 268 g/mol. The molecule has 5 nitrogen and oxygen atoms in total. The predicted molar refractivity (Wildman–Crippen MR) is 71.9 cm³/mol. The number of nitrogens with one attached hydrogen (secondary N) is 1. The van der Waals surface area contributed by atoms with Crippen molar-refractivity contribution in [1.29, 1.82) is 0 Å². The molecule has 0 aromatic carbocycles. The van der Waals surface area contributed by atoms with Gasteiger partial charge in [0.25, 0.3) is 0 Å². The van der Waals surface area contributed by atoms with Gasteiger partial charge in [-0.15, -0.1) is 0 Å². The fourth-order valence-corrected chi connectivity index (χ4v) is 3.29. The van der Waals surface area contributed by atoms with Gasteiger partial charge in [0.1, 0.15) is 0 Å². The van der Waals surface area contributed by atoms with Crippen LogP contribution in [0.4, 0.5) is 4.79 Å². The zero-order chi connectivity index (χ0) is 13.7. The first-order valence-electron chi connectivity index (χ1n) is 7.41. The molecule has 2 amide bonds. The molecule has 0 spiro atoms. The van der Waals surface area contributed by atoms with Crippen molar-refractivity contribution in [1.82, 2.24) is 10.2 Å². The lowest BCUT2D eigenvalue weighted by atomic mass is 10.0. The Morgan fingerprint density at radius 1 is 1.11 bits per heavy atom. The maximum atomic E-state index is 11.9. The van der Waals surface area contributed by atoms with Crippen LogP contribution < -0.4 is 5.32 Å². The summed E-state index contributed by atoms with van der Waals surface area (Å²) >= 11 is 0. The number of likely N-dealkylation sites (tertiary alicyclic amines) is 1. The standard InChI is InChI=1S/C14H24N2O3/c17-13(18)7-2-1-3-8-15-14(19)16-9-11-5-4-6-12(11)10-16/h11-12H,1-10H2,(H,15,19)(H,17,18). The number of carbonyl (C=O) groups is 2. The number of fused-ring (bicyclic) bond motifs is 1. The minimum atomic E-state index is -0.743. The molecule has 2 atom stereocenters. The Bertz CT molecular complexity index is 321. The maximum Gasteiger partial charge on any atom is 0.317 e. The van der Waals surface area contributed by atoms with Gasteiger partial charge in [-0.05, 0) is 37.5 Å². The SMILES string of the molecule is O=C(O)CCCCCNC(=O)N1CC2CCCC2C1. The second-order valence-electron chi connectivity index (χ2n) is 5.79. The molecule has 2 unspecified atom stereocenters. The lowest BCUT2D eigenvalue weighted by Crippen LogP contribution is -2.39. The van der Waals surface area contributed by atoms with E-state index < -0.39 is 5.97 Å². The van der Waals surface area contributed by atoms with Crippen LogP contribution in [-0.2, 0) is 4.79 Å². The van der Waals surface area contributed by atoms with Gasteiger partial charge in [-0.1, -0.05) is 12.8 Å². The topological polar surface area (TPSA) is 69.6 Å². The second-order valence-corrected chi connectivity index (χ2v) is 5.79. The highest BCUT2D eigenvalue weighted by Crippen LogP contribution is 2.37. The van der Waals surface area contributed by atoms with E-state index in [1.165, 1.54) is 19.3 Å². The molecular formula is C14H24N2O3. The largest absolute Gasteiger partial charge is 0.481 e. The third kappa shape index (κ3) is 4.11. The number of hydrogen-bond donors (Lipinski definition) is 2. The highest BCUT2D eigenvalue weighted by molar-refractivity contribution is 5.74. The van der Waals surface area contributed by atoms with Gasteiger partial charge in [0, 0.05) is 26.1 Å². The van der Waals surface area contributed by atoms with E-state index >= 15 is 0 Å². The Balaban J connectivity index is 1.54. The summed E-state index contributed by atoms with van der Waals surface area (Å²) < 4.78 is 0. The average Bonchev–Trinajstić information content (AvgIpc) is 2.93. The summed E-state index contributed by atoms with van der Waals surface area (Å²) in [6.07, 6.45) is 6.53. The first kappa shape index (κ1) is 14.2. The summed E-state index contributed by atoms with van der Waals surface area (Å²) in [6, 6.07) is 0.0626. The van der Waals surface area contributed by atoms with Gasteiger partial charge in [-0.2, -0.15) is 0 Å². The van der Waals surface area contributed by atoms with E-state index in [0.717, 1.165) is 37.8 Å². The predicted octanol–water partition coefficient (Wildman–Crippen LogP) is 2.07. The highest BCUT2D eigenvalue weighted by atomic mass is 16.4. The molecule has 2 rings (SSSR count). The Morgan fingerprint density at radius 3 is 2.42 bits per heavy atom. The number of rotatable bonds is 6. The molecule has 1 saturated carbocycles. The van der Waals surface area contributed by atoms with Crippen LogP contribution in [0, 0.1) is 11.8 Å². The summed E-state index contributed by atoms with van der Waals surface area (Å²) in [4.78, 5) is 24.2. The van der Waals surface area contributed by atoms with E-state index in [9.17, 15) is 9.59 Å². The van der Waals surface area contributed by atoms with E-state index in [1.807, 2.05) is 4.90 Å². The van der Waals surface area contributed by atoms with Crippen LogP contribution in [0.25, 0.3) is 0 Å². The first-order chi connectivity index (χ1) is 9.16. The minimum Gasteiger partial charge on any atom is -0.481 e. The van der Waals surface area contributed by atoms with Crippen molar-refractivity contribution in [3.63, 3.8) is 0 Å². The lowest BCUT2D eigenvalue weighted by molar-refractivity contribution is -0.137. The summed E-state index contributed by atoms with van der Waals surface area (Å²) in [5, 5.41) is 11.4. The van der Waals surface area contributed by atoms with Crippen molar-refractivity contribution >= 4 is 12.0 Å². The molecule has 2 fully saturated rings. The van der Waals surface area contributed by atoms with E-state index in [2.05, 4.69) is 5.32 Å². The summed E-state index contributed by atoms with van der Waals surface area (Å²) in [5.41, 5.74) is 0. The first-order valence-corrected chi connectivity index (χ1v) is 7.41. The molecule has 1 heterocycles. The fraction of sp³-hybridized carbons (Fsp3) is 0.857. The van der Waals surface area contributed by atoms with Crippen LogP contribution >= 0.6 is 0 Å². The van der Waals surface area contributed by atoms with Crippen LogP contribution in [0.5, 0.6) is 0 Å². The number of hydrogen-bond acceptors (Lipinski definition) is 2. The molecular weight excluding hydrogens is 244 g/mol. The smallest absolute Gasteiger partial charge is 0.317 e. The van der Waals surface area contributed by atoms with Crippen LogP contribution in [0.2, 0.25) is 0 Å². The Labute approximate surface area is 114 Å². The minimum absolute atomic E-state index is 0.0626. The normalized spacial score (nSPS) is 25.4. The average molecular weight is 268 g/mol. The Hall–Kier alpha value is -1.26. The van der Waals surface area contributed by atoms with E-state index in [-0.39, 0.29) is 12.5 Å². The Morgan fingerprint density at radius 2 is 1.79 bits per heavy atom. The van der Waals surface area contributed by atoms with Crippen molar-refractivity contribution in [2.24, 2.45) is 11.8 Å². The third-order valence-corrected chi connectivity index (χ3v) is 4.36. The third-order valence-electron chi connectivity index (χ3n) is 4.36. The van der Waals surface area contributed by atoms with Gasteiger partial charge >= 0.3 is 12.0 Å². The van der Waals surface area contributed by atoms with Crippen molar-refractivity contribution < 1.29 is 14.7 Å². The van der Waals surface area contributed by atoms with Crippen LogP contribution in [-0.4, -0.2) is 41.6 Å². The Kier molecular flexibility index (Phi) is 5.05. The van der Waals surface area contributed by atoms with E-state index in [1.54, 1.807) is 0 Å².